The van der Waals surface area contributed by atoms with E-state index in [1.54, 1.807) is 0 Å². The third kappa shape index (κ3) is 4.03. The highest BCUT2D eigenvalue weighted by Crippen LogP contribution is 2.28. The van der Waals surface area contributed by atoms with Crippen LogP contribution in [0.5, 0.6) is 0 Å². The molecule has 4 heterocycles. The first-order valence-corrected chi connectivity index (χ1v) is 9.99. The SMILES string of the molecule is Cc1cc(C[C@H]2CCCN(C(C)c3ccc4nc(C)[nH]c4n3)C2)cc(C)n1. The Hall–Kier alpha value is -2.27. The van der Waals surface area contributed by atoms with Gasteiger partial charge in [-0.2, -0.15) is 0 Å². The molecule has 0 aliphatic carbocycles. The van der Waals surface area contributed by atoms with Gasteiger partial charge in [-0.25, -0.2) is 9.97 Å². The second-order valence-electron chi connectivity index (χ2n) is 8.07. The molecule has 0 amide bonds. The highest BCUT2D eigenvalue weighted by atomic mass is 15.2. The fourth-order valence-electron chi connectivity index (χ4n) is 4.44. The number of fused-ring (bicyclic) bond motifs is 1. The number of imidazole rings is 1. The van der Waals surface area contributed by atoms with Crippen molar-refractivity contribution in [1.29, 1.82) is 0 Å². The van der Waals surface area contributed by atoms with Gasteiger partial charge in [-0.1, -0.05) is 0 Å². The van der Waals surface area contributed by atoms with Crippen LogP contribution in [0.3, 0.4) is 0 Å². The number of H-pyrrole nitrogens is 1. The van der Waals surface area contributed by atoms with Crippen LogP contribution in [0.2, 0.25) is 0 Å². The molecule has 0 saturated carbocycles. The highest BCUT2D eigenvalue weighted by Gasteiger charge is 2.25. The molecule has 1 aliphatic rings. The molecule has 0 aromatic carbocycles. The van der Waals surface area contributed by atoms with E-state index in [0.29, 0.717) is 12.0 Å². The number of aryl methyl sites for hydroxylation is 3. The molecule has 27 heavy (non-hydrogen) atoms. The summed E-state index contributed by atoms with van der Waals surface area (Å²) in [5, 5.41) is 0. The molecule has 3 aromatic heterocycles. The zero-order chi connectivity index (χ0) is 19.0. The Balaban J connectivity index is 1.47. The lowest BCUT2D eigenvalue weighted by atomic mass is 9.90. The van der Waals surface area contributed by atoms with Crippen LogP contribution in [0.1, 0.15) is 54.3 Å². The summed E-state index contributed by atoms with van der Waals surface area (Å²) in [5.74, 6) is 1.61. The lowest BCUT2D eigenvalue weighted by Crippen LogP contribution is -2.38. The molecule has 4 rings (SSSR count). The van der Waals surface area contributed by atoms with Crippen molar-refractivity contribution in [3.63, 3.8) is 0 Å². The smallest absolute Gasteiger partial charge is 0.157 e. The monoisotopic (exact) mass is 363 g/mol. The zero-order valence-corrected chi connectivity index (χ0v) is 16.8. The number of hydrogen-bond acceptors (Lipinski definition) is 4. The molecule has 5 heteroatoms. The number of rotatable bonds is 4. The van der Waals surface area contributed by atoms with Crippen molar-refractivity contribution in [3.8, 4) is 0 Å². The Morgan fingerprint density at radius 1 is 1.11 bits per heavy atom. The van der Waals surface area contributed by atoms with E-state index in [1.165, 1.54) is 18.4 Å². The fourth-order valence-corrected chi connectivity index (χ4v) is 4.44. The van der Waals surface area contributed by atoms with E-state index >= 15 is 0 Å². The first-order valence-electron chi connectivity index (χ1n) is 9.99. The number of nitrogens with zero attached hydrogens (tertiary/aromatic N) is 4. The van der Waals surface area contributed by atoms with E-state index in [0.717, 1.165) is 53.6 Å². The Morgan fingerprint density at radius 3 is 2.67 bits per heavy atom. The minimum Gasteiger partial charge on any atom is -0.327 e. The zero-order valence-electron chi connectivity index (χ0n) is 16.8. The molecule has 1 aliphatic heterocycles. The standard InChI is InChI=1S/C22H29N5/c1-14-10-19(11-15(2)23-14)12-18-6-5-9-27(13-18)16(3)20-7-8-21-22(26-20)25-17(4)24-21/h7-8,10-11,16,18H,5-6,9,12-13H2,1-4H3,(H,24,25,26)/t16?,18-/m1/s1. The number of aromatic amines is 1. The van der Waals surface area contributed by atoms with Gasteiger partial charge >= 0.3 is 0 Å². The molecule has 5 nitrogen and oxygen atoms in total. The molecule has 1 unspecified atom stereocenters. The normalized spacial score (nSPS) is 19.5. The second kappa shape index (κ2) is 7.39. The molecule has 142 valence electrons. The van der Waals surface area contributed by atoms with Crippen molar-refractivity contribution in [3.05, 3.63) is 52.7 Å². The van der Waals surface area contributed by atoms with E-state index in [4.69, 9.17) is 4.98 Å². The van der Waals surface area contributed by atoms with Crippen molar-refractivity contribution in [2.75, 3.05) is 13.1 Å². The van der Waals surface area contributed by atoms with Crippen molar-refractivity contribution in [2.45, 2.75) is 53.0 Å². The van der Waals surface area contributed by atoms with Crippen LogP contribution >= 0.6 is 0 Å². The molecule has 1 N–H and O–H groups in total. The summed E-state index contributed by atoms with van der Waals surface area (Å²) in [5.41, 5.74) is 6.64. The maximum Gasteiger partial charge on any atom is 0.157 e. The lowest BCUT2D eigenvalue weighted by Gasteiger charge is -2.36. The van der Waals surface area contributed by atoms with Crippen LogP contribution in [-0.4, -0.2) is 37.9 Å². The number of pyridine rings is 2. The summed E-state index contributed by atoms with van der Waals surface area (Å²) in [4.78, 5) is 19.7. The molecule has 3 aromatic rings. The topological polar surface area (TPSA) is 57.7 Å². The van der Waals surface area contributed by atoms with Gasteiger partial charge in [0.2, 0.25) is 0 Å². The molecule has 0 radical (unpaired) electrons. The van der Waals surface area contributed by atoms with Gasteiger partial charge in [0.25, 0.3) is 0 Å². The predicted octanol–water partition coefficient (Wildman–Crippen LogP) is 4.29. The largest absolute Gasteiger partial charge is 0.327 e. The van der Waals surface area contributed by atoms with Crippen LogP contribution in [-0.2, 0) is 6.42 Å². The van der Waals surface area contributed by atoms with Crippen LogP contribution in [0.15, 0.2) is 24.3 Å². The summed E-state index contributed by atoms with van der Waals surface area (Å²) in [6.07, 6.45) is 3.69. The maximum absolute atomic E-state index is 4.84. The second-order valence-corrected chi connectivity index (χ2v) is 8.07. The first-order chi connectivity index (χ1) is 13.0. The molecule has 0 spiro atoms. The van der Waals surface area contributed by atoms with Crippen molar-refractivity contribution in [2.24, 2.45) is 5.92 Å². The first kappa shape index (κ1) is 18.1. The average molecular weight is 364 g/mol. The Bertz CT molecular complexity index is 925. The van der Waals surface area contributed by atoms with Gasteiger partial charge < -0.3 is 4.98 Å². The average Bonchev–Trinajstić information content (AvgIpc) is 2.99. The van der Waals surface area contributed by atoms with Crippen molar-refractivity contribution >= 4 is 11.2 Å². The third-order valence-corrected chi connectivity index (χ3v) is 5.67. The number of nitrogens with one attached hydrogen (secondary N) is 1. The summed E-state index contributed by atoms with van der Waals surface area (Å²) < 4.78 is 0. The van der Waals surface area contributed by atoms with Gasteiger partial charge in [0.15, 0.2) is 5.65 Å². The predicted molar refractivity (Wildman–Crippen MR) is 109 cm³/mol. The van der Waals surface area contributed by atoms with E-state index in [1.807, 2.05) is 6.92 Å². The highest BCUT2D eigenvalue weighted by molar-refractivity contribution is 5.70. The summed E-state index contributed by atoms with van der Waals surface area (Å²) in [6.45, 7) is 10.7. The molecule has 2 atom stereocenters. The van der Waals surface area contributed by atoms with Crippen molar-refractivity contribution in [1.82, 2.24) is 24.8 Å². The summed E-state index contributed by atoms with van der Waals surface area (Å²) >= 11 is 0. The van der Waals surface area contributed by atoms with E-state index in [-0.39, 0.29) is 0 Å². The van der Waals surface area contributed by atoms with E-state index in [9.17, 15) is 0 Å². The minimum atomic E-state index is 0.321. The van der Waals surface area contributed by atoms with Crippen molar-refractivity contribution < 1.29 is 0 Å². The maximum atomic E-state index is 4.84. The van der Waals surface area contributed by atoms with Gasteiger partial charge in [0.05, 0.1) is 5.69 Å². The van der Waals surface area contributed by atoms with Gasteiger partial charge in [-0.3, -0.25) is 9.88 Å². The van der Waals surface area contributed by atoms with Crippen LogP contribution in [0.4, 0.5) is 0 Å². The van der Waals surface area contributed by atoms with Gasteiger partial charge in [0, 0.05) is 24.0 Å². The van der Waals surface area contributed by atoms with E-state index in [2.05, 4.69) is 64.9 Å². The number of aromatic nitrogens is 4. The molecule has 1 saturated heterocycles. The summed E-state index contributed by atoms with van der Waals surface area (Å²) in [6, 6.07) is 9.02. The van der Waals surface area contributed by atoms with Crippen LogP contribution in [0.25, 0.3) is 11.2 Å². The molecular formula is C22H29N5. The minimum absolute atomic E-state index is 0.321. The third-order valence-electron chi connectivity index (χ3n) is 5.67. The molecule has 0 bridgehead atoms. The van der Waals surface area contributed by atoms with Gasteiger partial charge in [0.1, 0.15) is 11.3 Å². The summed E-state index contributed by atoms with van der Waals surface area (Å²) in [7, 11) is 0. The van der Waals surface area contributed by atoms with Crippen LogP contribution in [0, 0.1) is 26.7 Å². The molecular weight excluding hydrogens is 334 g/mol. The Labute approximate surface area is 161 Å². The lowest BCUT2D eigenvalue weighted by molar-refractivity contribution is 0.129. The van der Waals surface area contributed by atoms with Gasteiger partial charge in [-0.15, -0.1) is 0 Å². The number of likely N-dealkylation sites (tertiary alicyclic amines) is 1. The Kier molecular flexibility index (Phi) is 4.96. The van der Waals surface area contributed by atoms with Crippen LogP contribution < -0.4 is 0 Å². The van der Waals surface area contributed by atoms with Gasteiger partial charge in [-0.05, 0) is 89.2 Å². The quantitative estimate of drug-likeness (QED) is 0.751. The number of hydrogen-bond donors (Lipinski definition) is 1. The van der Waals surface area contributed by atoms with E-state index < -0.39 is 0 Å². The Morgan fingerprint density at radius 2 is 1.89 bits per heavy atom. The number of piperidine rings is 1. The fraction of sp³-hybridized carbons (Fsp3) is 0.500. The molecule has 1 fully saturated rings.